The van der Waals surface area contributed by atoms with Gasteiger partial charge in [-0.1, -0.05) is 12.1 Å². The molecule has 0 heterocycles. The first-order chi connectivity index (χ1) is 6.05. The molecule has 13 heavy (non-hydrogen) atoms. The van der Waals surface area contributed by atoms with Crippen LogP contribution in [0.25, 0.3) is 0 Å². The maximum atomic E-state index is 10.8. The molecule has 0 saturated heterocycles. The van der Waals surface area contributed by atoms with Crippen molar-refractivity contribution >= 4 is 33.5 Å². The molecule has 0 aliphatic rings. The molecular formula is C7H7ClO3S2. The second-order valence-corrected chi connectivity index (χ2v) is 5.17. The minimum atomic E-state index is -4.14. The zero-order valence-corrected chi connectivity index (χ0v) is 8.86. The molecule has 0 fully saturated rings. The van der Waals surface area contributed by atoms with E-state index in [1.807, 2.05) is 0 Å². The van der Waals surface area contributed by atoms with Crippen LogP contribution in [0, 0.1) is 0 Å². The van der Waals surface area contributed by atoms with Crippen LogP contribution in [0.1, 0.15) is 0 Å². The summed E-state index contributed by atoms with van der Waals surface area (Å²) < 4.78 is 30.5. The van der Waals surface area contributed by atoms with Crippen molar-refractivity contribution in [2.75, 3.05) is 5.21 Å². The fourth-order valence-electron chi connectivity index (χ4n) is 0.841. The lowest BCUT2D eigenvalue weighted by molar-refractivity contribution is 0.481. The largest absolute Gasteiger partial charge is 0.295 e. The normalized spacial score (nSPS) is 11.5. The molecule has 0 spiro atoms. The molecule has 0 bridgehead atoms. The van der Waals surface area contributed by atoms with Crippen LogP contribution in [0.4, 0.5) is 0 Å². The van der Waals surface area contributed by atoms with Crippen LogP contribution >= 0.6 is 23.4 Å². The molecule has 0 amide bonds. The minimum absolute atomic E-state index is 0.0966. The van der Waals surface area contributed by atoms with Crippen molar-refractivity contribution in [1.29, 1.82) is 0 Å². The zero-order valence-electron chi connectivity index (χ0n) is 6.47. The summed E-state index contributed by atoms with van der Waals surface area (Å²) in [6.45, 7) is 0. The number of thioether (sulfide) groups is 1. The van der Waals surface area contributed by atoms with Gasteiger partial charge in [-0.25, -0.2) is 0 Å². The molecule has 0 atom stereocenters. The molecule has 1 rings (SSSR count). The highest BCUT2D eigenvalue weighted by atomic mass is 35.5. The lowest BCUT2D eigenvalue weighted by atomic mass is 10.4. The van der Waals surface area contributed by atoms with Crippen LogP contribution in [0.5, 0.6) is 0 Å². The molecule has 0 aromatic heterocycles. The minimum Gasteiger partial charge on any atom is -0.282 e. The predicted octanol–water partition coefficient (Wildman–Crippen LogP) is 2.22. The van der Waals surface area contributed by atoms with Gasteiger partial charge in [0.1, 0.15) is 4.90 Å². The van der Waals surface area contributed by atoms with Crippen LogP contribution in [-0.2, 0) is 10.1 Å². The molecule has 0 aliphatic carbocycles. The van der Waals surface area contributed by atoms with E-state index in [9.17, 15) is 8.42 Å². The Bertz CT molecular complexity index is 388. The Kier molecular flexibility index (Phi) is 3.61. The van der Waals surface area contributed by atoms with Gasteiger partial charge in [-0.3, -0.25) is 4.55 Å². The van der Waals surface area contributed by atoms with Gasteiger partial charge in [0.2, 0.25) is 0 Å². The third kappa shape index (κ3) is 2.87. The lowest BCUT2D eigenvalue weighted by Gasteiger charge is -2.03. The summed E-state index contributed by atoms with van der Waals surface area (Å²) in [4.78, 5) is 0.362. The average Bonchev–Trinajstić information content (AvgIpc) is 2.04. The number of benzene rings is 1. The number of alkyl halides is 1. The Labute approximate surface area is 85.9 Å². The Balaban J connectivity index is 3.20. The van der Waals surface area contributed by atoms with E-state index in [1.54, 1.807) is 18.2 Å². The highest BCUT2D eigenvalue weighted by molar-refractivity contribution is 8.01. The molecule has 1 aromatic rings. The summed E-state index contributed by atoms with van der Waals surface area (Å²) in [5.74, 6) is 0. The van der Waals surface area contributed by atoms with Crippen LogP contribution in [-0.4, -0.2) is 18.2 Å². The fourth-order valence-corrected chi connectivity index (χ4v) is 2.76. The highest BCUT2D eigenvalue weighted by Gasteiger charge is 2.13. The van der Waals surface area contributed by atoms with Crippen LogP contribution in [0.2, 0.25) is 0 Å². The summed E-state index contributed by atoms with van der Waals surface area (Å²) in [6, 6.07) is 6.16. The third-order valence-electron chi connectivity index (χ3n) is 1.34. The van der Waals surface area contributed by atoms with Gasteiger partial charge in [0.25, 0.3) is 10.1 Å². The van der Waals surface area contributed by atoms with E-state index in [4.69, 9.17) is 16.2 Å². The molecule has 3 nitrogen and oxygen atoms in total. The molecule has 0 aliphatic heterocycles. The SMILES string of the molecule is O=S(=O)(O)c1ccccc1SCCl. The third-order valence-corrected chi connectivity index (χ3v) is 3.48. The number of hydrogen-bond donors (Lipinski definition) is 1. The molecule has 1 N–H and O–H groups in total. The zero-order chi connectivity index (χ0) is 9.90. The van der Waals surface area contributed by atoms with Gasteiger partial charge in [-0.05, 0) is 12.1 Å². The molecule has 0 unspecified atom stereocenters. The summed E-state index contributed by atoms with van der Waals surface area (Å²) in [7, 11) is -4.14. The van der Waals surface area contributed by atoms with Gasteiger partial charge in [0.15, 0.2) is 0 Å². The van der Waals surface area contributed by atoms with E-state index in [1.165, 1.54) is 6.07 Å². The Morgan fingerprint density at radius 3 is 2.54 bits per heavy atom. The van der Waals surface area contributed by atoms with Crippen molar-refractivity contribution in [3.8, 4) is 0 Å². The van der Waals surface area contributed by atoms with E-state index >= 15 is 0 Å². The van der Waals surface area contributed by atoms with E-state index in [0.717, 1.165) is 11.8 Å². The molecule has 72 valence electrons. The van der Waals surface area contributed by atoms with Crippen LogP contribution in [0.15, 0.2) is 34.1 Å². The van der Waals surface area contributed by atoms with Gasteiger partial charge in [0, 0.05) is 4.90 Å². The van der Waals surface area contributed by atoms with Gasteiger partial charge >= 0.3 is 0 Å². The molecular weight excluding hydrogens is 232 g/mol. The molecule has 1 aromatic carbocycles. The summed E-state index contributed by atoms with van der Waals surface area (Å²) >= 11 is 6.60. The fraction of sp³-hybridized carbons (Fsp3) is 0.143. The number of halogens is 1. The summed E-state index contributed by atoms with van der Waals surface area (Å²) in [5.41, 5.74) is 0. The second kappa shape index (κ2) is 4.32. The quantitative estimate of drug-likeness (QED) is 0.499. The first-order valence-corrected chi connectivity index (χ1v) is 6.27. The van der Waals surface area contributed by atoms with E-state index in [2.05, 4.69) is 0 Å². The highest BCUT2D eigenvalue weighted by Crippen LogP contribution is 2.26. The number of rotatable bonds is 3. The van der Waals surface area contributed by atoms with Crippen molar-refractivity contribution in [3.63, 3.8) is 0 Å². The second-order valence-electron chi connectivity index (χ2n) is 2.18. The lowest BCUT2D eigenvalue weighted by Crippen LogP contribution is -1.99. The van der Waals surface area contributed by atoms with Crippen molar-refractivity contribution in [1.82, 2.24) is 0 Å². The van der Waals surface area contributed by atoms with Gasteiger partial charge in [-0.2, -0.15) is 8.42 Å². The topological polar surface area (TPSA) is 54.4 Å². The monoisotopic (exact) mass is 238 g/mol. The van der Waals surface area contributed by atoms with Crippen molar-refractivity contribution in [2.45, 2.75) is 9.79 Å². The van der Waals surface area contributed by atoms with Gasteiger partial charge in [-0.15, -0.1) is 23.4 Å². The summed E-state index contributed by atoms with van der Waals surface area (Å²) in [5, 5.41) is 0.243. The maximum Gasteiger partial charge on any atom is 0.295 e. The average molecular weight is 239 g/mol. The smallest absolute Gasteiger partial charge is 0.282 e. The maximum absolute atomic E-state index is 10.8. The molecule has 0 radical (unpaired) electrons. The van der Waals surface area contributed by atoms with Crippen LogP contribution < -0.4 is 0 Å². The van der Waals surface area contributed by atoms with Crippen molar-refractivity contribution < 1.29 is 13.0 Å². The molecule has 0 saturated carbocycles. The standard InChI is InChI=1S/C7H7ClO3S2/c8-5-12-6-3-1-2-4-7(6)13(9,10)11/h1-4H,5H2,(H,9,10,11). The van der Waals surface area contributed by atoms with E-state index in [-0.39, 0.29) is 10.1 Å². The molecule has 6 heteroatoms. The Morgan fingerprint density at radius 1 is 1.38 bits per heavy atom. The van der Waals surface area contributed by atoms with Crippen molar-refractivity contribution in [3.05, 3.63) is 24.3 Å². The Hall–Kier alpha value is -0.230. The van der Waals surface area contributed by atoms with Gasteiger partial charge < -0.3 is 0 Å². The first kappa shape index (κ1) is 10.8. The van der Waals surface area contributed by atoms with Crippen molar-refractivity contribution in [2.24, 2.45) is 0 Å². The number of hydrogen-bond acceptors (Lipinski definition) is 3. The van der Waals surface area contributed by atoms with E-state index in [0.29, 0.717) is 4.90 Å². The van der Waals surface area contributed by atoms with E-state index < -0.39 is 10.1 Å². The Morgan fingerprint density at radius 2 is 2.00 bits per heavy atom. The van der Waals surface area contributed by atoms with Crippen LogP contribution in [0.3, 0.4) is 0 Å². The summed E-state index contributed by atoms with van der Waals surface area (Å²) in [6.07, 6.45) is 0. The van der Waals surface area contributed by atoms with Gasteiger partial charge in [0.05, 0.1) is 5.21 Å². The predicted molar refractivity (Wildman–Crippen MR) is 52.8 cm³/mol. The first-order valence-electron chi connectivity index (χ1n) is 3.31.